The van der Waals surface area contributed by atoms with Crippen molar-refractivity contribution in [2.45, 2.75) is 346 Å². The fraction of sp³-hybridized carbons (Fsp3) is 0.917. The first kappa shape index (κ1) is 64.8. The molecule has 0 spiro atoms. The minimum Gasteiger partial charge on any atom is -0.394 e. The average molecular weight is 933 g/mol. The third-order valence-electron chi connectivity index (χ3n) is 14.2. The summed E-state index contributed by atoms with van der Waals surface area (Å²) in [6.07, 6.45) is 66.8. The van der Waals surface area contributed by atoms with E-state index in [1.165, 1.54) is 250 Å². The zero-order chi connectivity index (χ0) is 48.1. The summed E-state index contributed by atoms with van der Waals surface area (Å²) in [5.41, 5.74) is 0. The fourth-order valence-electron chi connectivity index (χ4n) is 9.50. The first-order valence-corrected chi connectivity index (χ1v) is 29.7. The molecule has 0 radical (unpaired) electrons. The molecule has 0 fully saturated rings. The number of hydrogen-bond donors (Lipinski definition) is 5. The molecule has 0 bridgehead atoms. The summed E-state index contributed by atoms with van der Waals surface area (Å²) in [5.74, 6) is -0.581. The van der Waals surface area contributed by atoms with Crippen LogP contribution in [0.1, 0.15) is 322 Å². The molecule has 4 unspecified atom stereocenters. The van der Waals surface area contributed by atoms with Crippen molar-refractivity contribution in [1.29, 1.82) is 0 Å². The molecule has 5 N–H and O–H groups in total. The Hall–Kier alpha value is -1.21. The van der Waals surface area contributed by atoms with E-state index in [-0.39, 0.29) is 0 Å². The number of amides is 1. The van der Waals surface area contributed by atoms with Gasteiger partial charge in [-0.05, 0) is 44.9 Å². The fourth-order valence-corrected chi connectivity index (χ4v) is 9.50. The lowest BCUT2D eigenvalue weighted by Crippen LogP contribution is -2.53. The van der Waals surface area contributed by atoms with E-state index in [2.05, 4.69) is 43.5 Å². The van der Waals surface area contributed by atoms with Gasteiger partial charge >= 0.3 is 0 Å². The standard InChI is InChI=1S/C60H117NO5/c1-3-5-7-9-11-13-15-17-19-21-23-25-27-29-30-32-34-36-38-40-42-44-46-48-50-52-54-58(64)60(66)61-56(55-62)59(65)57(63)53-51-49-47-45-43-41-39-37-35-33-31-28-26-24-22-20-18-16-14-12-10-8-6-4-2/h23,25,29-30,56-59,62-65H,3-22,24,26-28,31-55H2,1-2H3,(H,61,66)/b25-23-,30-29-. The molecule has 0 aliphatic rings. The quantitative estimate of drug-likeness (QED) is 0.0308. The van der Waals surface area contributed by atoms with Crippen molar-refractivity contribution in [2.24, 2.45) is 0 Å². The van der Waals surface area contributed by atoms with Gasteiger partial charge in [-0.3, -0.25) is 4.79 Å². The van der Waals surface area contributed by atoms with Gasteiger partial charge in [-0.25, -0.2) is 0 Å². The highest BCUT2D eigenvalue weighted by atomic mass is 16.3. The van der Waals surface area contributed by atoms with Crippen LogP contribution in [0.15, 0.2) is 24.3 Å². The molecule has 66 heavy (non-hydrogen) atoms. The van der Waals surface area contributed by atoms with E-state index < -0.39 is 36.9 Å². The summed E-state index contributed by atoms with van der Waals surface area (Å²) in [6.45, 7) is 4.09. The van der Waals surface area contributed by atoms with Gasteiger partial charge < -0.3 is 25.7 Å². The monoisotopic (exact) mass is 932 g/mol. The molecule has 0 saturated carbocycles. The number of hydrogen-bond acceptors (Lipinski definition) is 5. The Bertz CT molecular complexity index is 1000. The molecule has 6 nitrogen and oxygen atoms in total. The topological polar surface area (TPSA) is 110 Å². The van der Waals surface area contributed by atoms with Crippen molar-refractivity contribution >= 4 is 5.91 Å². The average Bonchev–Trinajstić information content (AvgIpc) is 3.32. The number of aliphatic hydroxyl groups excluding tert-OH is 4. The largest absolute Gasteiger partial charge is 0.394 e. The Morgan fingerprint density at radius 3 is 0.955 bits per heavy atom. The summed E-state index contributed by atoms with van der Waals surface area (Å²) in [5, 5.41) is 44.1. The third-order valence-corrected chi connectivity index (χ3v) is 14.2. The minimum atomic E-state index is -1.26. The van der Waals surface area contributed by atoms with E-state index in [1.54, 1.807) is 0 Å². The van der Waals surface area contributed by atoms with Gasteiger partial charge in [0.1, 0.15) is 12.2 Å². The zero-order valence-corrected chi connectivity index (χ0v) is 44.5. The Morgan fingerprint density at radius 1 is 0.379 bits per heavy atom. The molecule has 0 rings (SSSR count). The lowest BCUT2D eigenvalue weighted by molar-refractivity contribution is -0.132. The summed E-state index contributed by atoms with van der Waals surface area (Å²) in [7, 11) is 0. The van der Waals surface area contributed by atoms with Gasteiger partial charge in [-0.2, -0.15) is 0 Å². The van der Waals surface area contributed by atoms with Crippen molar-refractivity contribution in [3.05, 3.63) is 24.3 Å². The summed E-state index contributed by atoms with van der Waals surface area (Å²) >= 11 is 0. The van der Waals surface area contributed by atoms with Crippen LogP contribution >= 0.6 is 0 Å². The van der Waals surface area contributed by atoms with Crippen LogP contribution in [0.25, 0.3) is 0 Å². The summed E-state index contributed by atoms with van der Waals surface area (Å²) < 4.78 is 0. The van der Waals surface area contributed by atoms with Crippen LogP contribution in [0.4, 0.5) is 0 Å². The number of carbonyl (C=O) groups is 1. The highest BCUT2D eigenvalue weighted by Gasteiger charge is 2.28. The second-order valence-corrected chi connectivity index (χ2v) is 20.7. The maximum atomic E-state index is 12.6. The molecule has 392 valence electrons. The van der Waals surface area contributed by atoms with Crippen molar-refractivity contribution in [3.8, 4) is 0 Å². The molecular weight excluding hydrogens is 815 g/mol. The summed E-state index contributed by atoms with van der Waals surface area (Å²) in [6, 6.07) is -0.987. The molecule has 6 heteroatoms. The number of allylic oxidation sites excluding steroid dienone is 4. The Labute approximate surface area is 412 Å². The number of aliphatic hydroxyl groups is 4. The summed E-state index contributed by atoms with van der Waals surface area (Å²) in [4.78, 5) is 12.6. The normalized spacial score (nSPS) is 13.8. The van der Waals surface area contributed by atoms with E-state index in [0.717, 1.165) is 44.9 Å². The Kier molecular flexibility index (Phi) is 53.7. The van der Waals surface area contributed by atoms with Crippen LogP contribution in [0.2, 0.25) is 0 Å². The van der Waals surface area contributed by atoms with Gasteiger partial charge in [0.15, 0.2) is 0 Å². The lowest BCUT2D eigenvalue weighted by atomic mass is 9.99. The van der Waals surface area contributed by atoms with Gasteiger partial charge in [-0.1, -0.05) is 301 Å². The number of rotatable bonds is 55. The first-order chi connectivity index (χ1) is 32.5. The predicted octanol–water partition coefficient (Wildman–Crippen LogP) is 17.4. The second-order valence-electron chi connectivity index (χ2n) is 20.7. The number of nitrogens with one attached hydrogen (secondary N) is 1. The molecule has 0 aliphatic heterocycles. The molecule has 1 amide bonds. The van der Waals surface area contributed by atoms with Crippen LogP contribution in [-0.2, 0) is 4.79 Å². The molecule has 0 aliphatic carbocycles. The third kappa shape index (κ3) is 47.8. The van der Waals surface area contributed by atoms with Crippen LogP contribution in [0.3, 0.4) is 0 Å². The van der Waals surface area contributed by atoms with Gasteiger partial charge in [-0.15, -0.1) is 0 Å². The van der Waals surface area contributed by atoms with E-state index in [1.807, 2.05) is 0 Å². The lowest BCUT2D eigenvalue weighted by Gasteiger charge is -2.27. The van der Waals surface area contributed by atoms with Gasteiger partial charge in [0.25, 0.3) is 0 Å². The van der Waals surface area contributed by atoms with Crippen molar-refractivity contribution in [1.82, 2.24) is 5.32 Å². The molecular formula is C60H117NO5. The SMILES string of the molecule is CCCCCCCCCCC/C=C\C/C=C\CCCCCCCCCCCCC(O)C(=O)NC(CO)C(O)C(O)CCCCCCCCCCCCCCCCCCCCCCCCCC. The van der Waals surface area contributed by atoms with Gasteiger partial charge in [0.05, 0.1) is 18.8 Å². The number of carbonyl (C=O) groups excluding carboxylic acids is 1. The molecule has 4 atom stereocenters. The molecule has 0 saturated heterocycles. The van der Waals surface area contributed by atoms with Crippen molar-refractivity contribution in [2.75, 3.05) is 6.61 Å². The van der Waals surface area contributed by atoms with E-state index in [0.29, 0.717) is 12.8 Å². The van der Waals surface area contributed by atoms with Crippen LogP contribution in [0, 0.1) is 0 Å². The number of unbranched alkanes of at least 4 members (excludes halogenated alkanes) is 42. The van der Waals surface area contributed by atoms with Gasteiger partial charge in [0, 0.05) is 0 Å². The maximum Gasteiger partial charge on any atom is 0.249 e. The Balaban J connectivity index is 3.61. The predicted molar refractivity (Wildman–Crippen MR) is 288 cm³/mol. The van der Waals surface area contributed by atoms with Crippen LogP contribution in [0.5, 0.6) is 0 Å². The van der Waals surface area contributed by atoms with Crippen molar-refractivity contribution < 1.29 is 25.2 Å². The smallest absolute Gasteiger partial charge is 0.249 e. The van der Waals surface area contributed by atoms with E-state index in [4.69, 9.17) is 0 Å². The van der Waals surface area contributed by atoms with Gasteiger partial charge in [0.2, 0.25) is 5.91 Å². The molecule has 0 aromatic rings. The van der Waals surface area contributed by atoms with E-state index >= 15 is 0 Å². The highest BCUT2D eigenvalue weighted by Crippen LogP contribution is 2.18. The van der Waals surface area contributed by atoms with Crippen LogP contribution in [-0.4, -0.2) is 57.3 Å². The molecule has 0 aromatic carbocycles. The zero-order valence-electron chi connectivity index (χ0n) is 44.5. The first-order valence-electron chi connectivity index (χ1n) is 29.7. The van der Waals surface area contributed by atoms with E-state index in [9.17, 15) is 25.2 Å². The van der Waals surface area contributed by atoms with Crippen LogP contribution < -0.4 is 5.32 Å². The van der Waals surface area contributed by atoms with Crippen molar-refractivity contribution in [3.63, 3.8) is 0 Å². The second kappa shape index (κ2) is 54.7. The Morgan fingerprint density at radius 2 is 0.652 bits per heavy atom. The molecule has 0 aromatic heterocycles. The maximum absolute atomic E-state index is 12.6. The minimum absolute atomic E-state index is 0.367. The molecule has 0 heterocycles. The highest BCUT2D eigenvalue weighted by molar-refractivity contribution is 5.80.